The second kappa shape index (κ2) is 4.91. The lowest BCUT2D eigenvalue weighted by Gasteiger charge is -2.06. The molecule has 0 amide bonds. The summed E-state index contributed by atoms with van der Waals surface area (Å²) in [4.78, 5) is 11.1. The number of carboxylic acids is 1. The third-order valence-electron chi connectivity index (χ3n) is 2.83. The van der Waals surface area contributed by atoms with Crippen LogP contribution in [0, 0.1) is 24.1 Å². The van der Waals surface area contributed by atoms with Crippen molar-refractivity contribution in [3.8, 4) is 17.2 Å². The van der Waals surface area contributed by atoms with Crippen molar-refractivity contribution in [3.05, 3.63) is 58.9 Å². The van der Waals surface area contributed by atoms with Crippen LogP contribution in [0.2, 0.25) is 0 Å². The predicted octanol–water partition coefficient (Wildman–Crippen LogP) is 3.37. The zero-order chi connectivity index (χ0) is 14.0. The van der Waals surface area contributed by atoms with Gasteiger partial charge in [-0.2, -0.15) is 5.26 Å². The lowest BCUT2D eigenvalue weighted by atomic mass is 9.98. The second-order valence-corrected chi connectivity index (χ2v) is 4.18. The summed E-state index contributed by atoms with van der Waals surface area (Å²) in [5, 5.41) is 17.9. The molecule has 2 aromatic rings. The quantitative estimate of drug-likeness (QED) is 0.894. The lowest BCUT2D eigenvalue weighted by Crippen LogP contribution is -1.99. The number of nitrogens with zero attached hydrogens (tertiary/aromatic N) is 1. The Hall–Kier alpha value is -2.67. The number of carboxylic acid groups (broad SMARTS) is 1. The van der Waals surface area contributed by atoms with Crippen molar-refractivity contribution in [2.45, 2.75) is 6.92 Å². The van der Waals surface area contributed by atoms with Gasteiger partial charge in [-0.15, -0.1) is 0 Å². The molecule has 2 rings (SSSR count). The van der Waals surface area contributed by atoms with Gasteiger partial charge in [0.1, 0.15) is 5.82 Å². The molecule has 0 aromatic heterocycles. The van der Waals surface area contributed by atoms with Crippen LogP contribution in [0.25, 0.3) is 11.1 Å². The van der Waals surface area contributed by atoms with E-state index in [1.165, 1.54) is 18.2 Å². The number of carbonyl (C=O) groups is 1. The van der Waals surface area contributed by atoms with Gasteiger partial charge >= 0.3 is 5.97 Å². The van der Waals surface area contributed by atoms with E-state index < -0.39 is 11.8 Å². The number of aromatic carboxylic acids is 1. The number of nitriles is 1. The monoisotopic (exact) mass is 255 g/mol. The highest BCUT2D eigenvalue weighted by Crippen LogP contribution is 2.24. The maximum absolute atomic E-state index is 13.4. The SMILES string of the molecule is Cc1ccc(-c2cc(F)cc(C#N)c2)cc1C(=O)O. The Kier molecular flexibility index (Phi) is 3.30. The molecular formula is C15H10FNO2. The molecule has 0 spiro atoms. The van der Waals surface area contributed by atoms with Crippen molar-refractivity contribution < 1.29 is 14.3 Å². The molecule has 0 unspecified atom stereocenters. The molecule has 4 heteroatoms. The topological polar surface area (TPSA) is 61.1 Å². The van der Waals surface area contributed by atoms with Gasteiger partial charge in [0.25, 0.3) is 0 Å². The number of benzene rings is 2. The zero-order valence-corrected chi connectivity index (χ0v) is 10.1. The van der Waals surface area contributed by atoms with E-state index in [0.29, 0.717) is 16.7 Å². The van der Waals surface area contributed by atoms with Crippen LogP contribution >= 0.6 is 0 Å². The van der Waals surface area contributed by atoms with Crippen molar-refractivity contribution in [1.29, 1.82) is 5.26 Å². The van der Waals surface area contributed by atoms with E-state index >= 15 is 0 Å². The molecule has 0 atom stereocenters. The van der Waals surface area contributed by atoms with Gasteiger partial charge in [-0.25, -0.2) is 9.18 Å². The van der Waals surface area contributed by atoms with Crippen LogP contribution in [-0.2, 0) is 0 Å². The molecule has 0 saturated heterocycles. The molecule has 0 radical (unpaired) electrons. The maximum Gasteiger partial charge on any atom is 0.335 e. The van der Waals surface area contributed by atoms with E-state index in [1.54, 1.807) is 19.1 Å². The molecule has 1 N–H and O–H groups in total. The average Bonchev–Trinajstić information content (AvgIpc) is 2.38. The molecule has 0 fully saturated rings. The molecule has 0 aliphatic carbocycles. The normalized spacial score (nSPS) is 9.95. The van der Waals surface area contributed by atoms with Crippen LogP contribution in [0.1, 0.15) is 21.5 Å². The van der Waals surface area contributed by atoms with Crippen LogP contribution in [0.5, 0.6) is 0 Å². The van der Waals surface area contributed by atoms with Crippen LogP contribution < -0.4 is 0 Å². The standard InChI is InChI=1S/C15H10FNO2/c1-9-2-3-11(7-14(9)15(18)19)12-4-10(8-17)5-13(16)6-12/h2-7H,1H3,(H,18,19). The van der Waals surface area contributed by atoms with E-state index in [1.807, 2.05) is 6.07 Å². The number of halogens is 1. The van der Waals surface area contributed by atoms with Crippen LogP contribution in [0.4, 0.5) is 4.39 Å². The van der Waals surface area contributed by atoms with Crippen molar-refractivity contribution in [2.75, 3.05) is 0 Å². The number of rotatable bonds is 2. The molecule has 3 nitrogen and oxygen atoms in total. The Labute approximate surface area is 109 Å². The smallest absolute Gasteiger partial charge is 0.335 e. The highest BCUT2D eigenvalue weighted by atomic mass is 19.1. The molecule has 0 bridgehead atoms. The lowest BCUT2D eigenvalue weighted by molar-refractivity contribution is 0.0696. The average molecular weight is 255 g/mol. The molecule has 2 aromatic carbocycles. The fourth-order valence-electron chi connectivity index (χ4n) is 1.85. The van der Waals surface area contributed by atoms with Crippen LogP contribution in [0.15, 0.2) is 36.4 Å². The summed E-state index contributed by atoms with van der Waals surface area (Å²) < 4.78 is 13.4. The summed E-state index contributed by atoms with van der Waals surface area (Å²) in [7, 11) is 0. The Balaban J connectivity index is 2.60. The minimum atomic E-state index is -1.03. The van der Waals surface area contributed by atoms with Crippen LogP contribution in [-0.4, -0.2) is 11.1 Å². The zero-order valence-electron chi connectivity index (χ0n) is 10.1. The van der Waals surface area contributed by atoms with Gasteiger partial charge in [-0.05, 0) is 47.9 Å². The minimum absolute atomic E-state index is 0.167. The first-order chi connectivity index (χ1) is 9.01. The van der Waals surface area contributed by atoms with E-state index in [-0.39, 0.29) is 11.1 Å². The summed E-state index contributed by atoms with van der Waals surface area (Å²) in [6.45, 7) is 1.69. The van der Waals surface area contributed by atoms with Crippen molar-refractivity contribution in [1.82, 2.24) is 0 Å². The van der Waals surface area contributed by atoms with Gasteiger partial charge < -0.3 is 5.11 Å². The third-order valence-corrected chi connectivity index (χ3v) is 2.83. The van der Waals surface area contributed by atoms with Crippen molar-refractivity contribution in [2.24, 2.45) is 0 Å². The second-order valence-electron chi connectivity index (χ2n) is 4.18. The number of aryl methyl sites for hydroxylation is 1. The van der Waals surface area contributed by atoms with Gasteiger partial charge in [-0.3, -0.25) is 0 Å². The minimum Gasteiger partial charge on any atom is -0.478 e. The van der Waals surface area contributed by atoms with Gasteiger partial charge in [0.15, 0.2) is 0 Å². The Morgan fingerprint density at radius 1 is 1.21 bits per heavy atom. The largest absolute Gasteiger partial charge is 0.478 e. The summed E-state index contributed by atoms with van der Waals surface area (Å²) in [6.07, 6.45) is 0. The van der Waals surface area contributed by atoms with E-state index in [4.69, 9.17) is 10.4 Å². The molecule has 94 valence electrons. The van der Waals surface area contributed by atoms with Gasteiger partial charge in [-0.1, -0.05) is 12.1 Å². The summed E-state index contributed by atoms with van der Waals surface area (Å²) >= 11 is 0. The fourth-order valence-corrected chi connectivity index (χ4v) is 1.85. The summed E-state index contributed by atoms with van der Waals surface area (Å²) in [5.41, 5.74) is 2.05. The molecule has 0 heterocycles. The van der Waals surface area contributed by atoms with E-state index in [0.717, 1.165) is 6.07 Å². The van der Waals surface area contributed by atoms with Crippen molar-refractivity contribution >= 4 is 5.97 Å². The molecule has 0 aliphatic rings. The summed E-state index contributed by atoms with van der Waals surface area (Å²) in [6, 6.07) is 10.7. The predicted molar refractivity (Wildman–Crippen MR) is 68.2 cm³/mol. The first-order valence-electron chi connectivity index (χ1n) is 5.56. The Morgan fingerprint density at radius 2 is 1.95 bits per heavy atom. The number of hydrogen-bond acceptors (Lipinski definition) is 2. The Morgan fingerprint density at radius 3 is 2.58 bits per heavy atom. The van der Waals surface area contributed by atoms with E-state index in [9.17, 15) is 9.18 Å². The molecular weight excluding hydrogens is 245 g/mol. The van der Waals surface area contributed by atoms with E-state index in [2.05, 4.69) is 0 Å². The third kappa shape index (κ3) is 2.61. The van der Waals surface area contributed by atoms with Crippen molar-refractivity contribution in [3.63, 3.8) is 0 Å². The van der Waals surface area contributed by atoms with Gasteiger partial charge in [0, 0.05) is 0 Å². The molecule has 0 aliphatic heterocycles. The summed E-state index contributed by atoms with van der Waals surface area (Å²) in [5.74, 6) is -1.55. The first kappa shape index (κ1) is 12.8. The molecule has 19 heavy (non-hydrogen) atoms. The highest BCUT2D eigenvalue weighted by Gasteiger charge is 2.10. The Bertz CT molecular complexity index is 702. The van der Waals surface area contributed by atoms with Gasteiger partial charge in [0.05, 0.1) is 17.2 Å². The fraction of sp³-hybridized carbons (Fsp3) is 0.0667. The highest BCUT2D eigenvalue weighted by molar-refractivity contribution is 5.91. The van der Waals surface area contributed by atoms with Gasteiger partial charge in [0.2, 0.25) is 0 Å². The van der Waals surface area contributed by atoms with Crippen LogP contribution in [0.3, 0.4) is 0 Å². The maximum atomic E-state index is 13.4. The number of hydrogen-bond donors (Lipinski definition) is 1. The molecule has 0 saturated carbocycles. The first-order valence-corrected chi connectivity index (χ1v) is 5.56.